The first-order valence-corrected chi connectivity index (χ1v) is 8.82. The van der Waals surface area contributed by atoms with Gasteiger partial charge in [0.2, 0.25) is 0 Å². The number of carbonyl (C=O) groups excluding carboxylic acids is 1. The molecule has 7 heteroatoms. The van der Waals surface area contributed by atoms with Crippen LogP contribution in [0.4, 0.5) is 4.79 Å². The highest BCUT2D eigenvalue weighted by molar-refractivity contribution is 5.73. The van der Waals surface area contributed by atoms with Crippen LogP contribution < -0.4 is 14.8 Å². The highest BCUT2D eigenvalue weighted by Gasteiger charge is 2.24. The summed E-state index contributed by atoms with van der Waals surface area (Å²) in [6.07, 6.45) is -0.165. The number of rotatable bonds is 5. The van der Waals surface area contributed by atoms with Gasteiger partial charge >= 0.3 is 6.03 Å². The summed E-state index contributed by atoms with van der Waals surface area (Å²) >= 11 is 0. The number of morpholine rings is 1. The van der Waals surface area contributed by atoms with Crippen LogP contribution in [0, 0.1) is 0 Å². The number of ether oxygens (including phenoxy) is 3. The Labute approximate surface area is 148 Å². The lowest BCUT2D eigenvalue weighted by Gasteiger charge is -2.33. The maximum Gasteiger partial charge on any atom is 0.317 e. The normalized spacial score (nSPS) is 21.4. The number of hydrogen-bond acceptors (Lipinski definition) is 5. The molecule has 2 aliphatic heterocycles. The molecule has 0 aliphatic carbocycles. The second-order valence-corrected chi connectivity index (χ2v) is 6.56. The molecular formula is C18H27N3O4. The van der Waals surface area contributed by atoms with E-state index in [4.69, 9.17) is 14.2 Å². The van der Waals surface area contributed by atoms with Gasteiger partial charge in [0.05, 0.1) is 19.8 Å². The van der Waals surface area contributed by atoms with Gasteiger partial charge in [-0.25, -0.2) is 4.79 Å². The van der Waals surface area contributed by atoms with Crippen molar-refractivity contribution in [1.82, 2.24) is 15.1 Å². The van der Waals surface area contributed by atoms with Crippen LogP contribution in [0.3, 0.4) is 0 Å². The Bertz CT molecular complexity index is 577. The standard InChI is InChI=1S/C18H27N3O4/c1-14(21-7-9-23-10-8-21)11-19-18(22)20(2)12-15-13-24-16-5-3-4-6-17(16)25-15/h3-6,14-15H,7-13H2,1-2H3,(H,19,22)/t14-,15+/m0/s1. The topological polar surface area (TPSA) is 63.3 Å². The summed E-state index contributed by atoms with van der Waals surface area (Å²) in [5, 5.41) is 3.00. The predicted octanol–water partition coefficient (Wildman–Crippen LogP) is 1.19. The van der Waals surface area contributed by atoms with Crippen LogP contribution in [-0.2, 0) is 4.74 Å². The molecule has 1 aromatic carbocycles. The van der Waals surface area contributed by atoms with Crippen molar-refractivity contribution in [3.63, 3.8) is 0 Å². The van der Waals surface area contributed by atoms with E-state index in [0.29, 0.717) is 25.7 Å². The van der Waals surface area contributed by atoms with Crippen LogP contribution in [0.25, 0.3) is 0 Å². The molecule has 138 valence electrons. The van der Waals surface area contributed by atoms with Crippen LogP contribution >= 0.6 is 0 Å². The van der Waals surface area contributed by atoms with Crippen LogP contribution in [0.1, 0.15) is 6.92 Å². The number of hydrogen-bond donors (Lipinski definition) is 1. The van der Waals surface area contributed by atoms with E-state index in [0.717, 1.165) is 37.8 Å². The number of para-hydroxylation sites is 2. The van der Waals surface area contributed by atoms with E-state index in [2.05, 4.69) is 17.1 Å². The lowest BCUT2D eigenvalue weighted by atomic mass is 10.2. The SMILES string of the molecule is C[C@@H](CNC(=O)N(C)C[C@@H]1COc2ccccc2O1)N1CCOCC1. The van der Waals surface area contributed by atoms with E-state index in [9.17, 15) is 4.79 Å². The van der Waals surface area contributed by atoms with Crippen molar-refractivity contribution in [1.29, 1.82) is 0 Å². The van der Waals surface area contributed by atoms with E-state index in [1.54, 1.807) is 11.9 Å². The van der Waals surface area contributed by atoms with Crippen molar-refractivity contribution in [3.8, 4) is 11.5 Å². The van der Waals surface area contributed by atoms with Crippen molar-refractivity contribution in [2.24, 2.45) is 0 Å². The fraction of sp³-hybridized carbons (Fsp3) is 0.611. The average molecular weight is 349 g/mol. The molecule has 0 unspecified atom stereocenters. The Morgan fingerprint density at radius 1 is 1.32 bits per heavy atom. The van der Waals surface area contributed by atoms with Gasteiger partial charge in [0.1, 0.15) is 6.61 Å². The second kappa shape index (κ2) is 8.40. The zero-order valence-electron chi connectivity index (χ0n) is 14.9. The number of benzene rings is 1. The minimum atomic E-state index is -0.165. The molecule has 1 N–H and O–H groups in total. The van der Waals surface area contributed by atoms with E-state index >= 15 is 0 Å². The Hall–Kier alpha value is -1.99. The van der Waals surface area contributed by atoms with E-state index < -0.39 is 0 Å². The van der Waals surface area contributed by atoms with Crippen LogP contribution in [-0.4, -0.2) is 81.0 Å². The van der Waals surface area contributed by atoms with Gasteiger partial charge in [0.15, 0.2) is 17.6 Å². The number of nitrogens with zero attached hydrogens (tertiary/aromatic N) is 2. The number of carbonyl (C=O) groups is 1. The maximum atomic E-state index is 12.3. The van der Waals surface area contributed by atoms with Gasteiger partial charge in [0.25, 0.3) is 0 Å². The molecule has 0 aromatic heterocycles. The minimum Gasteiger partial charge on any atom is -0.486 e. The van der Waals surface area contributed by atoms with E-state index in [1.807, 2.05) is 24.3 Å². The van der Waals surface area contributed by atoms with Crippen molar-refractivity contribution < 1.29 is 19.0 Å². The van der Waals surface area contributed by atoms with Gasteiger partial charge in [-0.05, 0) is 19.1 Å². The fourth-order valence-electron chi connectivity index (χ4n) is 3.06. The van der Waals surface area contributed by atoms with Crippen LogP contribution in [0.15, 0.2) is 24.3 Å². The zero-order chi connectivity index (χ0) is 17.6. The first-order valence-electron chi connectivity index (χ1n) is 8.82. The van der Waals surface area contributed by atoms with Gasteiger partial charge in [-0.15, -0.1) is 0 Å². The molecule has 1 saturated heterocycles. The van der Waals surface area contributed by atoms with Gasteiger partial charge in [-0.3, -0.25) is 4.90 Å². The van der Waals surface area contributed by atoms with Gasteiger partial charge in [0, 0.05) is 32.7 Å². The van der Waals surface area contributed by atoms with Crippen LogP contribution in [0.2, 0.25) is 0 Å². The molecule has 0 bridgehead atoms. The fourth-order valence-corrected chi connectivity index (χ4v) is 3.06. The van der Waals surface area contributed by atoms with E-state index in [1.165, 1.54) is 0 Å². The molecule has 2 aliphatic rings. The van der Waals surface area contributed by atoms with Crippen molar-refractivity contribution in [2.45, 2.75) is 19.1 Å². The molecule has 3 rings (SSSR count). The Morgan fingerprint density at radius 2 is 2.04 bits per heavy atom. The minimum absolute atomic E-state index is 0.0948. The van der Waals surface area contributed by atoms with Gasteiger partial charge in [-0.1, -0.05) is 12.1 Å². The molecule has 1 fully saturated rings. The molecule has 0 radical (unpaired) electrons. The average Bonchev–Trinajstić information content (AvgIpc) is 2.66. The Kier molecular flexibility index (Phi) is 5.99. The number of urea groups is 1. The first-order chi connectivity index (χ1) is 12.1. The number of likely N-dealkylation sites (N-methyl/N-ethyl adjacent to an activating group) is 1. The monoisotopic (exact) mass is 349 g/mol. The quantitative estimate of drug-likeness (QED) is 0.865. The Morgan fingerprint density at radius 3 is 2.80 bits per heavy atom. The third-order valence-corrected chi connectivity index (χ3v) is 4.61. The highest BCUT2D eigenvalue weighted by atomic mass is 16.6. The first kappa shape index (κ1) is 17.8. The molecule has 1 aromatic rings. The lowest BCUT2D eigenvalue weighted by Crippen LogP contribution is -2.50. The second-order valence-electron chi connectivity index (χ2n) is 6.56. The van der Waals surface area contributed by atoms with Crippen molar-refractivity contribution in [2.75, 3.05) is 53.0 Å². The third kappa shape index (κ3) is 4.76. The molecule has 7 nitrogen and oxygen atoms in total. The van der Waals surface area contributed by atoms with Crippen molar-refractivity contribution >= 4 is 6.03 Å². The summed E-state index contributed by atoms with van der Waals surface area (Å²) in [7, 11) is 1.78. The summed E-state index contributed by atoms with van der Waals surface area (Å²) in [5.74, 6) is 1.48. The van der Waals surface area contributed by atoms with Crippen molar-refractivity contribution in [3.05, 3.63) is 24.3 Å². The summed E-state index contributed by atoms with van der Waals surface area (Å²) in [5.41, 5.74) is 0. The maximum absolute atomic E-state index is 12.3. The largest absolute Gasteiger partial charge is 0.486 e. The smallest absolute Gasteiger partial charge is 0.317 e. The summed E-state index contributed by atoms with van der Waals surface area (Å²) < 4.78 is 17.0. The molecule has 0 spiro atoms. The molecular weight excluding hydrogens is 322 g/mol. The summed E-state index contributed by atoms with van der Waals surface area (Å²) in [4.78, 5) is 16.3. The van der Waals surface area contributed by atoms with Crippen LogP contribution in [0.5, 0.6) is 11.5 Å². The summed E-state index contributed by atoms with van der Waals surface area (Å²) in [6.45, 7) is 7.02. The zero-order valence-corrected chi connectivity index (χ0v) is 14.9. The van der Waals surface area contributed by atoms with E-state index in [-0.39, 0.29) is 12.1 Å². The molecule has 0 saturated carbocycles. The molecule has 2 atom stereocenters. The third-order valence-electron chi connectivity index (χ3n) is 4.61. The Balaban J connectivity index is 1.42. The highest BCUT2D eigenvalue weighted by Crippen LogP contribution is 2.30. The number of nitrogens with one attached hydrogen (secondary N) is 1. The summed E-state index contributed by atoms with van der Waals surface area (Å²) in [6, 6.07) is 7.79. The predicted molar refractivity (Wildman–Crippen MR) is 94.2 cm³/mol. The number of fused-ring (bicyclic) bond motifs is 1. The molecule has 2 amide bonds. The molecule has 25 heavy (non-hydrogen) atoms. The van der Waals surface area contributed by atoms with Gasteiger partial charge < -0.3 is 24.4 Å². The lowest BCUT2D eigenvalue weighted by molar-refractivity contribution is 0.0205. The van der Waals surface area contributed by atoms with Gasteiger partial charge in [-0.2, -0.15) is 0 Å². The molecule has 2 heterocycles. The number of amides is 2.